The third-order valence-corrected chi connectivity index (χ3v) is 9.75. The number of aryl methyl sites for hydroxylation is 1. The number of carbonyl (C=O) groups is 1. The van der Waals surface area contributed by atoms with Gasteiger partial charge in [0, 0.05) is 45.3 Å². The number of piperidine rings is 1. The van der Waals surface area contributed by atoms with E-state index in [1.54, 1.807) is 6.07 Å². The Bertz CT molecular complexity index is 1130. The molecule has 0 N–H and O–H groups in total. The SMILES string of the molecule is Cc1ccc(CN2CCN(C(=O)COCC3CCCCN3S(=O)(=O)c3c(Cl)cccc3Cl)CC2)cc1. The van der Waals surface area contributed by atoms with Gasteiger partial charge in [0.2, 0.25) is 15.9 Å². The molecule has 10 heteroatoms. The van der Waals surface area contributed by atoms with Crippen LogP contribution in [0, 0.1) is 6.92 Å². The van der Waals surface area contributed by atoms with Gasteiger partial charge < -0.3 is 9.64 Å². The van der Waals surface area contributed by atoms with Crippen LogP contribution in [0.3, 0.4) is 0 Å². The number of benzene rings is 2. The van der Waals surface area contributed by atoms with Gasteiger partial charge in [-0.25, -0.2) is 8.42 Å². The highest BCUT2D eigenvalue weighted by Gasteiger charge is 2.36. The van der Waals surface area contributed by atoms with E-state index in [0.29, 0.717) is 26.1 Å². The first-order valence-electron chi connectivity index (χ1n) is 12.3. The fraction of sp³-hybridized carbons (Fsp3) is 0.500. The van der Waals surface area contributed by atoms with Gasteiger partial charge in [0.15, 0.2) is 0 Å². The molecule has 7 nitrogen and oxygen atoms in total. The van der Waals surface area contributed by atoms with Crippen molar-refractivity contribution in [1.82, 2.24) is 14.1 Å². The summed E-state index contributed by atoms with van der Waals surface area (Å²) in [5.74, 6) is -0.0654. The molecule has 4 rings (SSSR count). The van der Waals surface area contributed by atoms with Gasteiger partial charge in [-0.2, -0.15) is 4.31 Å². The van der Waals surface area contributed by atoms with E-state index in [4.69, 9.17) is 27.9 Å². The summed E-state index contributed by atoms with van der Waals surface area (Å²) in [5.41, 5.74) is 2.52. The quantitative estimate of drug-likeness (QED) is 0.489. The summed E-state index contributed by atoms with van der Waals surface area (Å²) in [5, 5.41) is 0.203. The Kier molecular flexibility index (Phi) is 9.30. The van der Waals surface area contributed by atoms with Gasteiger partial charge in [-0.15, -0.1) is 0 Å². The highest BCUT2D eigenvalue weighted by molar-refractivity contribution is 7.89. The number of sulfonamides is 1. The van der Waals surface area contributed by atoms with Gasteiger partial charge in [0.05, 0.1) is 16.7 Å². The summed E-state index contributed by atoms with van der Waals surface area (Å²) in [4.78, 5) is 16.8. The van der Waals surface area contributed by atoms with Crippen LogP contribution in [0.15, 0.2) is 47.4 Å². The molecular weight excluding hydrogens is 521 g/mol. The summed E-state index contributed by atoms with van der Waals surface area (Å²) in [6.07, 6.45) is 2.31. The summed E-state index contributed by atoms with van der Waals surface area (Å²) >= 11 is 12.4. The van der Waals surface area contributed by atoms with E-state index in [-0.39, 0.29) is 40.1 Å². The number of hydrogen-bond acceptors (Lipinski definition) is 5. The van der Waals surface area contributed by atoms with E-state index in [2.05, 4.69) is 36.1 Å². The Morgan fingerprint density at radius 2 is 1.64 bits per heavy atom. The fourth-order valence-corrected chi connectivity index (χ4v) is 7.56. The van der Waals surface area contributed by atoms with Crippen LogP contribution in [0.5, 0.6) is 0 Å². The number of piperazine rings is 1. The molecule has 0 aromatic heterocycles. The summed E-state index contributed by atoms with van der Waals surface area (Å²) in [7, 11) is -3.89. The third kappa shape index (κ3) is 6.60. The lowest BCUT2D eigenvalue weighted by Gasteiger charge is -2.36. The molecular formula is C26H33Cl2N3O4S. The lowest BCUT2D eigenvalue weighted by molar-refractivity contribution is -0.138. The second kappa shape index (κ2) is 12.2. The van der Waals surface area contributed by atoms with Gasteiger partial charge in [-0.1, -0.05) is 65.5 Å². The first-order valence-corrected chi connectivity index (χ1v) is 14.5. The van der Waals surface area contributed by atoms with Gasteiger partial charge in [0.1, 0.15) is 11.5 Å². The predicted molar refractivity (Wildman–Crippen MR) is 142 cm³/mol. The highest BCUT2D eigenvalue weighted by atomic mass is 35.5. The van der Waals surface area contributed by atoms with Crippen LogP contribution in [0.25, 0.3) is 0 Å². The monoisotopic (exact) mass is 553 g/mol. The fourth-order valence-electron chi connectivity index (χ4n) is 4.78. The zero-order valence-electron chi connectivity index (χ0n) is 20.5. The third-order valence-electron chi connectivity index (χ3n) is 6.85. The van der Waals surface area contributed by atoms with Crippen LogP contribution in [-0.2, 0) is 26.1 Å². The van der Waals surface area contributed by atoms with Crippen molar-refractivity contribution in [1.29, 1.82) is 0 Å². The number of nitrogens with zero attached hydrogens (tertiary/aromatic N) is 3. The van der Waals surface area contributed by atoms with E-state index < -0.39 is 10.0 Å². The molecule has 0 saturated carbocycles. The maximum Gasteiger partial charge on any atom is 0.248 e. The van der Waals surface area contributed by atoms with E-state index in [1.165, 1.54) is 27.6 Å². The highest BCUT2D eigenvalue weighted by Crippen LogP contribution is 2.34. The first-order chi connectivity index (χ1) is 17.3. The Balaban J connectivity index is 1.27. The van der Waals surface area contributed by atoms with E-state index in [1.807, 2.05) is 4.90 Å². The zero-order chi connectivity index (χ0) is 25.7. The van der Waals surface area contributed by atoms with Crippen molar-refractivity contribution in [3.63, 3.8) is 0 Å². The average molecular weight is 555 g/mol. The minimum Gasteiger partial charge on any atom is -0.370 e. The maximum absolute atomic E-state index is 13.4. The topological polar surface area (TPSA) is 70.2 Å². The average Bonchev–Trinajstić information content (AvgIpc) is 2.86. The molecule has 2 aliphatic heterocycles. The number of hydrogen-bond donors (Lipinski definition) is 0. The zero-order valence-corrected chi connectivity index (χ0v) is 22.9. The molecule has 1 amide bonds. The first kappa shape index (κ1) is 27.4. The molecule has 2 fully saturated rings. The van der Waals surface area contributed by atoms with Crippen LogP contribution in [0.4, 0.5) is 0 Å². The van der Waals surface area contributed by atoms with Crippen molar-refractivity contribution < 1.29 is 17.9 Å². The molecule has 0 bridgehead atoms. The molecule has 1 atom stereocenters. The molecule has 2 saturated heterocycles. The van der Waals surface area contributed by atoms with Crippen LogP contribution >= 0.6 is 23.2 Å². The minimum atomic E-state index is -3.89. The van der Waals surface area contributed by atoms with Crippen molar-refractivity contribution in [3.8, 4) is 0 Å². The van der Waals surface area contributed by atoms with E-state index in [9.17, 15) is 13.2 Å². The standard InChI is InChI=1S/C26H33Cl2N3O4S/c1-20-8-10-21(11-9-20)17-29-13-15-30(16-14-29)25(32)19-35-18-22-5-2-3-12-31(22)36(33,34)26-23(27)6-4-7-24(26)28/h4,6-11,22H,2-3,5,12-19H2,1H3. The Labute approximate surface area is 224 Å². The molecule has 196 valence electrons. The number of carbonyl (C=O) groups excluding carboxylic acids is 1. The molecule has 2 aliphatic rings. The van der Waals surface area contributed by atoms with Crippen molar-refractivity contribution >= 4 is 39.1 Å². The summed E-state index contributed by atoms with van der Waals surface area (Å²) < 4.78 is 34.0. The molecule has 2 aromatic rings. The van der Waals surface area contributed by atoms with Crippen LogP contribution < -0.4 is 0 Å². The van der Waals surface area contributed by atoms with E-state index in [0.717, 1.165) is 32.5 Å². The van der Waals surface area contributed by atoms with Crippen LogP contribution in [-0.4, -0.2) is 80.4 Å². The lowest BCUT2D eigenvalue weighted by Crippen LogP contribution is -2.50. The van der Waals surface area contributed by atoms with Gasteiger partial charge in [-0.3, -0.25) is 9.69 Å². The predicted octanol–water partition coefficient (Wildman–Crippen LogP) is 4.21. The van der Waals surface area contributed by atoms with E-state index >= 15 is 0 Å². The Morgan fingerprint density at radius 1 is 0.972 bits per heavy atom. The largest absolute Gasteiger partial charge is 0.370 e. The maximum atomic E-state index is 13.4. The number of ether oxygens (including phenoxy) is 1. The number of rotatable bonds is 8. The molecule has 0 radical (unpaired) electrons. The number of amides is 1. The second-order valence-corrected chi connectivity index (χ2v) is 12.1. The van der Waals surface area contributed by atoms with Crippen LogP contribution in [0.1, 0.15) is 30.4 Å². The molecule has 0 aliphatic carbocycles. The molecule has 1 unspecified atom stereocenters. The summed E-state index contributed by atoms with van der Waals surface area (Å²) in [6.45, 7) is 6.35. The van der Waals surface area contributed by atoms with Gasteiger partial charge in [-0.05, 0) is 37.5 Å². The van der Waals surface area contributed by atoms with Crippen molar-refractivity contribution in [3.05, 3.63) is 63.6 Å². The molecule has 36 heavy (non-hydrogen) atoms. The van der Waals surface area contributed by atoms with Crippen molar-refractivity contribution in [2.75, 3.05) is 45.9 Å². The second-order valence-electron chi connectivity index (χ2n) is 9.47. The summed E-state index contributed by atoms with van der Waals surface area (Å²) in [6, 6.07) is 12.8. The smallest absolute Gasteiger partial charge is 0.248 e. The van der Waals surface area contributed by atoms with Crippen LogP contribution in [0.2, 0.25) is 10.0 Å². The molecule has 2 aromatic carbocycles. The Hall–Kier alpha value is -1.68. The Morgan fingerprint density at radius 3 is 2.31 bits per heavy atom. The van der Waals surface area contributed by atoms with Gasteiger partial charge >= 0.3 is 0 Å². The lowest BCUT2D eigenvalue weighted by atomic mass is 10.1. The number of halogens is 2. The minimum absolute atomic E-state index is 0.0603. The van der Waals surface area contributed by atoms with Gasteiger partial charge in [0.25, 0.3) is 0 Å². The van der Waals surface area contributed by atoms with Crippen molar-refractivity contribution in [2.45, 2.75) is 43.7 Å². The molecule has 2 heterocycles. The molecule has 0 spiro atoms. The normalized spacial score (nSPS) is 20.0. The van der Waals surface area contributed by atoms with Crippen molar-refractivity contribution in [2.24, 2.45) is 0 Å².